The monoisotopic (exact) mass is 270 g/mol. The Morgan fingerprint density at radius 3 is 2.11 bits per heavy atom. The summed E-state index contributed by atoms with van der Waals surface area (Å²) < 4.78 is 0. The maximum absolute atomic E-state index is 11.9. The normalized spacial score (nSPS) is 28.1. The topological polar surface area (TPSA) is 107 Å². The van der Waals surface area contributed by atoms with Crippen LogP contribution < -0.4 is 5.32 Å². The van der Waals surface area contributed by atoms with Crippen LogP contribution in [-0.2, 0) is 9.59 Å². The van der Waals surface area contributed by atoms with E-state index in [1.165, 1.54) is 6.42 Å². The van der Waals surface area contributed by atoms with Crippen molar-refractivity contribution in [2.24, 2.45) is 11.8 Å². The van der Waals surface area contributed by atoms with E-state index in [0.29, 0.717) is 11.8 Å². The highest BCUT2D eigenvalue weighted by molar-refractivity contribution is 5.84. The number of nitrogens with zero attached hydrogens (tertiary/aromatic N) is 1. The first-order valence-electron chi connectivity index (χ1n) is 6.44. The number of carbonyl (C=O) groups excluding carboxylic acids is 1. The van der Waals surface area contributed by atoms with Gasteiger partial charge in [-0.25, -0.2) is 4.79 Å². The van der Waals surface area contributed by atoms with Gasteiger partial charge in [-0.05, 0) is 31.1 Å². The Balaban J connectivity index is 1.91. The molecule has 3 N–H and O–H groups in total. The molecule has 2 aliphatic carbocycles. The maximum atomic E-state index is 11.9. The average Bonchev–Trinajstić information content (AvgIpc) is 2.88. The lowest BCUT2D eigenvalue weighted by atomic mass is 9.95. The zero-order valence-corrected chi connectivity index (χ0v) is 10.5. The van der Waals surface area contributed by atoms with Crippen molar-refractivity contribution < 1.29 is 24.6 Å². The molecule has 19 heavy (non-hydrogen) atoms. The number of carboxylic acid groups (broad SMARTS) is 2. The zero-order valence-electron chi connectivity index (χ0n) is 10.5. The summed E-state index contributed by atoms with van der Waals surface area (Å²) in [6.07, 6.45) is 4.33. The number of rotatable bonds is 5. The van der Waals surface area contributed by atoms with Crippen LogP contribution in [0.2, 0.25) is 0 Å². The standard InChI is InChI=1S/C12H18N2O5/c15-10(16)5-14(6-11(17)18)12(19)13-9-4-7-1-2-8(9)3-7/h7-9H,1-6H2,(H,13,19)(H,15,16)(H,17,18). The van der Waals surface area contributed by atoms with Crippen molar-refractivity contribution in [3.8, 4) is 0 Å². The van der Waals surface area contributed by atoms with Crippen LogP contribution in [0.1, 0.15) is 25.7 Å². The van der Waals surface area contributed by atoms with Crippen LogP contribution in [0.25, 0.3) is 0 Å². The highest BCUT2D eigenvalue weighted by Gasteiger charge is 2.40. The fourth-order valence-corrected chi connectivity index (χ4v) is 3.20. The van der Waals surface area contributed by atoms with Gasteiger partial charge in [-0.1, -0.05) is 6.42 Å². The van der Waals surface area contributed by atoms with Crippen LogP contribution in [0.3, 0.4) is 0 Å². The number of fused-ring (bicyclic) bond motifs is 2. The Bertz CT molecular complexity index is 382. The van der Waals surface area contributed by atoms with E-state index in [-0.39, 0.29) is 6.04 Å². The second kappa shape index (κ2) is 5.46. The minimum Gasteiger partial charge on any atom is -0.480 e. The van der Waals surface area contributed by atoms with Crippen LogP contribution in [0.5, 0.6) is 0 Å². The van der Waals surface area contributed by atoms with Gasteiger partial charge in [-0.2, -0.15) is 0 Å². The fourth-order valence-electron chi connectivity index (χ4n) is 3.20. The summed E-state index contributed by atoms with van der Waals surface area (Å²) in [5, 5.41) is 20.2. The Morgan fingerprint density at radius 1 is 1.05 bits per heavy atom. The zero-order chi connectivity index (χ0) is 14.0. The van der Waals surface area contributed by atoms with Gasteiger partial charge in [0.15, 0.2) is 0 Å². The van der Waals surface area contributed by atoms with Crippen molar-refractivity contribution >= 4 is 18.0 Å². The molecule has 7 heteroatoms. The summed E-state index contributed by atoms with van der Waals surface area (Å²) in [7, 11) is 0. The Morgan fingerprint density at radius 2 is 1.68 bits per heavy atom. The molecule has 0 heterocycles. The molecule has 7 nitrogen and oxygen atoms in total. The summed E-state index contributed by atoms with van der Waals surface area (Å²) in [5.74, 6) is -1.32. The second-order valence-corrected chi connectivity index (χ2v) is 5.37. The molecule has 2 saturated carbocycles. The summed E-state index contributed by atoms with van der Waals surface area (Å²) >= 11 is 0. The van der Waals surface area contributed by atoms with Gasteiger partial charge in [0.2, 0.25) is 0 Å². The third-order valence-corrected chi connectivity index (χ3v) is 3.99. The molecule has 2 rings (SSSR count). The van der Waals surface area contributed by atoms with Crippen molar-refractivity contribution in [2.75, 3.05) is 13.1 Å². The summed E-state index contributed by atoms with van der Waals surface area (Å²) in [5.41, 5.74) is 0. The molecule has 0 spiro atoms. The smallest absolute Gasteiger partial charge is 0.323 e. The van der Waals surface area contributed by atoms with Crippen molar-refractivity contribution in [2.45, 2.75) is 31.7 Å². The number of hydrogen-bond acceptors (Lipinski definition) is 3. The van der Waals surface area contributed by atoms with Gasteiger partial charge in [0.25, 0.3) is 0 Å². The molecule has 2 fully saturated rings. The molecule has 0 saturated heterocycles. The summed E-state index contributed by atoms with van der Waals surface area (Å²) in [6, 6.07) is -0.529. The van der Waals surface area contributed by atoms with E-state index in [2.05, 4.69) is 5.32 Å². The average molecular weight is 270 g/mol. The molecule has 106 valence electrons. The molecule has 3 unspecified atom stereocenters. The lowest BCUT2D eigenvalue weighted by Gasteiger charge is -2.26. The van der Waals surface area contributed by atoms with E-state index < -0.39 is 31.1 Å². The molecule has 0 aromatic carbocycles. The first-order valence-corrected chi connectivity index (χ1v) is 6.44. The van der Waals surface area contributed by atoms with Crippen molar-refractivity contribution in [1.82, 2.24) is 10.2 Å². The van der Waals surface area contributed by atoms with Gasteiger partial charge in [0.05, 0.1) is 0 Å². The van der Waals surface area contributed by atoms with E-state index in [9.17, 15) is 14.4 Å². The molecule has 2 aliphatic rings. The Kier molecular flexibility index (Phi) is 3.92. The molecular weight excluding hydrogens is 252 g/mol. The van der Waals surface area contributed by atoms with Gasteiger partial charge in [-0.3, -0.25) is 9.59 Å². The fraction of sp³-hybridized carbons (Fsp3) is 0.750. The summed E-state index contributed by atoms with van der Waals surface area (Å²) in [4.78, 5) is 34.0. The first-order chi connectivity index (χ1) is 8.95. The largest absolute Gasteiger partial charge is 0.480 e. The number of amides is 2. The predicted molar refractivity (Wildman–Crippen MR) is 64.6 cm³/mol. The van der Waals surface area contributed by atoms with Gasteiger partial charge in [-0.15, -0.1) is 0 Å². The highest BCUT2D eigenvalue weighted by Crippen LogP contribution is 2.44. The first kappa shape index (κ1) is 13.6. The Labute approximate surface area is 110 Å². The number of aliphatic carboxylic acids is 2. The minimum atomic E-state index is -1.22. The van der Waals surface area contributed by atoms with Gasteiger partial charge >= 0.3 is 18.0 Å². The number of carbonyl (C=O) groups is 3. The molecule has 0 radical (unpaired) electrons. The molecule has 0 aliphatic heterocycles. The van der Waals surface area contributed by atoms with Gasteiger partial charge in [0, 0.05) is 6.04 Å². The SMILES string of the molecule is O=C(O)CN(CC(=O)O)C(=O)NC1CC2CCC1C2. The van der Waals surface area contributed by atoms with E-state index >= 15 is 0 Å². The van der Waals surface area contributed by atoms with E-state index in [4.69, 9.17) is 10.2 Å². The quantitative estimate of drug-likeness (QED) is 0.668. The van der Waals surface area contributed by atoms with Gasteiger partial charge in [0.1, 0.15) is 13.1 Å². The molecule has 0 aromatic heterocycles. The predicted octanol–water partition coefficient (Wildman–Crippen LogP) is 0.356. The third kappa shape index (κ3) is 3.36. The van der Waals surface area contributed by atoms with Gasteiger partial charge < -0.3 is 20.4 Å². The second-order valence-electron chi connectivity index (χ2n) is 5.37. The van der Waals surface area contributed by atoms with E-state index in [1.54, 1.807) is 0 Å². The maximum Gasteiger partial charge on any atom is 0.323 e. The molecule has 0 aromatic rings. The van der Waals surface area contributed by atoms with Crippen LogP contribution in [0.4, 0.5) is 4.79 Å². The van der Waals surface area contributed by atoms with Crippen LogP contribution in [-0.4, -0.2) is 52.2 Å². The molecule has 2 amide bonds. The van der Waals surface area contributed by atoms with Crippen molar-refractivity contribution in [1.29, 1.82) is 0 Å². The minimum absolute atomic E-state index is 0.0661. The van der Waals surface area contributed by atoms with Crippen molar-refractivity contribution in [3.05, 3.63) is 0 Å². The number of carboxylic acids is 2. The lowest BCUT2D eigenvalue weighted by Crippen LogP contribution is -2.49. The number of hydrogen-bond donors (Lipinski definition) is 3. The number of nitrogens with one attached hydrogen (secondary N) is 1. The summed E-state index contributed by atoms with van der Waals surface area (Å²) in [6.45, 7) is -1.20. The van der Waals surface area contributed by atoms with Crippen LogP contribution in [0, 0.1) is 11.8 Å². The lowest BCUT2D eigenvalue weighted by molar-refractivity contribution is -0.140. The third-order valence-electron chi connectivity index (χ3n) is 3.99. The van der Waals surface area contributed by atoms with Crippen LogP contribution >= 0.6 is 0 Å². The molecule has 2 bridgehead atoms. The molecular formula is C12H18N2O5. The highest BCUT2D eigenvalue weighted by atomic mass is 16.4. The Hall–Kier alpha value is -1.79. The van der Waals surface area contributed by atoms with Crippen molar-refractivity contribution in [3.63, 3.8) is 0 Å². The number of urea groups is 1. The van der Waals surface area contributed by atoms with Crippen LogP contribution in [0.15, 0.2) is 0 Å². The molecule has 3 atom stereocenters. The van der Waals surface area contributed by atoms with E-state index in [0.717, 1.165) is 24.2 Å². The van der Waals surface area contributed by atoms with E-state index in [1.807, 2.05) is 0 Å².